The maximum absolute atomic E-state index is 11.6. The third-order valence-corrected chi connectivity index (χ3v) is 3.92. The lowest BCUT2D eigenvalue weighted by atomic mass is 9.92. The van der Waals surface area contributed by atoms with Crippen LogP contribution in [0.1, 0.15) is 25.7 Å². The monoisotopic (exact) mass is 251 g/mol. The van der Waals surface area contributed by atoms with Crippen LogP contribution in [-0.2, 0) is 14.9 Å². The zero-order chi connectivity index (χ0) is 12.0. The molecule has 1 aliphatic rings. The Morgan fingerprint density at radius 2 is 2.06 bits per heavy atom. The normalized spacial score (nSPS) is 26.9. The van der Waals surface area contributed by atoms with E-state index in [4.69, 9.17) is 10.5 Å². The molecule has 1 rings (SSSR count). The van der Waals surface area contributed by atoms with Crippen molar-refractivity contribution in [1.29, 1.82) is 0 Å². The molecular formula is C9H21N3O3S. The Morgan fingerprint density at radius 1 is 1.38 bits per heavy atom. The van der Waals surface area contributed by atoms with Gasteiger partial charge in [-0.1, -0.05) is 12.8 Å². The van der Waals surface area contributed by atoms with Crippen LogP contribution in [0.4, 0.5) is 0 Å². The molecule has 0 radical (unpaired) electrons. The summed E-state index contributed by atoms with van der Waals surface area (Å²) in [6, 6.07) is -0.221. The second-order valence-corrected chi connectivity index (χ2v) is 5.59. The highest BCUT2D eigenvalue weighted by atomic mass is 32.2. The fourth-order valence-corrected chi connectivity index (χ4v) is 2.95. The van der Waals surface area contributed by atoms with Gasteiger partial charge in [-0.15, -0.1) is 0 Å². The van der Waals surface area contributed by atoms with Gasteiger partial charge in [0.1, 0.15) is 0 Å². The first kappa shape index (κ1) is 13.9. The molecule has 0 spiro atoms. The van der Waals surface area contributed by atoms with Crippen LogP contribution in [0.3, 0.4) is 0 Å². The van der Waals surface area contributed by atoms with Gasteiger partial charge < -0.3 is 10.5 Å². The fraction of sp³-hybridized carbons (Fsp3) is 1.00. The summed E-state index contributed by atoms with van der Waals surface area (Å²) in [5.74, 6) is 0. The fourth-order valence-electron chi connectivity index (χ4n) is 1.82. The summed E-state index contributed by atoms with van der Waals surface area (Å²) in [5, 5.41) is 0. The first-order valence-corrected chi connectivity index (χ1v) is 7.05. The van der Waals surface area contributed by atoms with Gasteiger partial charge in [0.05, 0.1) is 6.61 Å². The lowest BCUT2D eigenvalue weighted by Crippen LogP contribution is -2.52. The average Bonchev–Trinajstić information content (AvgIpc) is 2.21. The summed E-state index contributed by atoms with van der Waals surface area (Å²) < 4.78 is 32.9. The molecule has 0 amide bonds. The van der Waals surface area contributed by atoms with Gasteiger partial charge in [0, 0.05) is 25.7 Å². The molecule has 0 aliphatic heterocycles. The van der Waals surface area contributed by atoms with Crippen molar-refractivity contribution >= 4 is 10.2 Å². The molecule has 0 saturated heterocycles. The van der Waals surface area contributed by atoms with Gasteiger partial charge in [0.15, 0.2) is 0 Å². The zero-order valence-corrected chi connectivity index (χ0v) is 10.4. The Labute approximate surface area is 97.1 Å². The minimum absolute atomic E-state index is 0.0762. The smallest absolute Gasteiger partial charge is 0.277 e. The summed E-state index contributed by atoms with van der Waals surface area (Å²) >= 11 is 0. The molecule has 1 fully saturated rings. The number of hydrogen-bond donors (Lipinski definition) is 3. The SMILES string of the molecule is COCCNS(=O)(=O)NC1CCCCC1N. The number of methoxy groups -OCH3 is 1. The maximum atomic E-state index is 11.6. The van der Waals surface area contributed by atoms with Crippen LogP contribution in [0.15, 0.2) is 0 Å². The molecule has 1 aliphatic carbocycles. The highest BCUT2D eigenvalue weighted by molar-refractivity contribution is 7.87. The average molecular weight is 251 g/mol. The summed E-state index contributed by atoms with van der Waals surface area (Å²) in [5.41, 5.74) is 5.86. The van der Waals surface area contributed by atoms with Crippen molar-refractivity contribution in [3.63, 3.8) is 0 Å². The zero-order valence-electron chi connectivity index (χ0n) is 9.61. The number of hydrogen-bond acceptors (Lipinski definition) is 4. The Balaban J connectivity index is 2.38. The lowest BCUT2D eigenvalue weighted by Gasteiger charge is -2.28. The molecule has 16 heavy (non-hydrogen) atoms. The Bertz CT molecular complexity index is 294. The molecule has 0 aromatic heterocycles. The summed E-state index contributed by atoms with van der Waals surface area (Å²) in [4.78, 5) is 0. The van der Waals surface area contributed by atoms with Gasteiger partial charge in [-0.3, -0.25) is 0 Å². The van der Waals surface area contributed by atoms with E-state index in [2.05, 4.69) is 9.44 Å². The molecule has 0 aromatic carbocycles. The molecule has 0 heterocycles. The predicted molar refractivity (Wildman–Crippen MR) is 62.2 cm³/mol. The molecule has 6 nitrogen and oxygen atoms in total. The van der Waals surface area contributed by atoms with Crippen molar-refractivity contribution in [3.05, 3.63) is 0 Å². The van der Waals surface area contributed by atoms with Gasteiger partial charge in [0.2, 0.25) is 0 Å². The Kier molecular flexibility index (Phi) is 5.63. The van der Waals surface area contributed by atoms with Gasteiger partial charge in [-0.05, 0) is 12.8 Å². The minimum atomic E-state index is -3.45. The summed E-state index contributed by atoms with van der Waals surface area (Å²) in [6.45, 7) is 0.630. The van der Waals surface area contributed by atoms with Crippen molar-refractivity contribution < 1.29 is 13.2 Å². The number of rotatable bonds is 6. The van der Waals surface area contributed by atoms with Crippen LogP contribution in [-0.4, -0.2) is 40.8 Å². The third kappa shape index (κ3) is 4.75. The van der Waals surface area contributed by atoms with Gasteiger partial charge >= 0.3 is 0 Å². The lowest BCUT2D eigenvalue weighted by molar-refractivity contribution is 0.204. The van der Waals surface area contributed by atoms with Crippen LogP contribution in [0.5, 0.6) is 0 Å². The van der Waals surface area contributed by atoms with E-state index < -0.39 is 10.2 Å². The van der Waals surface area contributed by atoms with E-state index >= 15 is 0 Å². The van der Waals surface area contributed by atoms with Crippen LogP contribution in [0.2, 0.25) is 0 Å². The van der Waals surface area contributed by atoms with E-state index in [1.54, 1.807) is 0 Å². The van der Waals surface area contributed by atoms with Gasteiger partial charge in [-0.2, -0.15) is 17.9 Å². The first-order chi connectivity index (χ1) is 7.55. The quantitative estimate of drug-likeness (QED) is 0.546. The van der Waals surface area contributed by atoms with E-state index in [0.717, 1.165) is 25.7 Å². The second kappa shape index (κ2) is 6.51. The van der Waals surface area contributed by atoms with Crippen molar-refractivity contribution in [3.8, 4) is 0 Å². The predicted octanol–water partition coefficient (Wildman–Crippen LogP) is -0.673. The van der Waals surface area contributed by atoms with Crippen molar-refractivity contribution in [2.24, 2.45) is 5.73 Å². The molecular weight excluding hydrogens is 230 g/mol. The van der Waals surface area contributed by atoms with Crippen LogP contribution < -0.4 is 15.2 Å². The molecule has 96 valence electrons. The third-order valence-electron chi connectivity index (χ3n) is 2.72. The Morgan fingerprint density at radius 3 is 2.69 bits per heavy atom. The molecule has 0 aromatic rings. The molecule has 1 saturated carbocycles. The maximum Gasteiger partial charge on any atom is 0.277 e. The highest BCUT2D eigenvalue weighted by Crippen LogP contribution is 2.17. The first-order valence-electron chi connectivity index (χ1n) is 5.56. The molecule has 2 atom stereocenters. The van der Waals surface area contributed by atoms with Crippen LogP contribution >= 0.6 is 0 Å². The number of nitrogens with two attached hydrogens (primary N) is 1. The Hall–Kier alpha value is -0.210. The topological polar surface area (TPSA) is 93.4 Å². The van der Waals surface area contributed by atoms with Crippen molar-refractivity contribution in [2.45, 2.75) is 37.8 Å². The van der Waals surface area contributed by atoms with E-state index in [9.17, 15) is 8.42 Å². The molecule has 2 unspecified atom stereocenters. The summed E-state index contributed by atoms with van der Waals surface area (Å²) in [7, 11) is -1.92. The molecule has 4 N–H and O–H groups in total. The second-order valence-electron chi connectivity index (χ2n) is 4.06. The van der Waals surface area contributed by atoms with E-state index in [0.29, 0.717) is 6.61 Å². The van der Waals surface area contributed by atoms with E-state index in [1.807, 2.05) is 0 Å². The van der Waals surface area contributed by atoms with E-state index in [-0.39, 0.29) is 18.6 Å². The summed E-state index contributed by atoms with van der Waals surface area (Å²) in [6.07, 6.45) is 3.80. The van der Waals surface area contributed by atoms with Crippen LogP contribution in [0.25, 0.3) is 0 Å². The van der Waals surface area contributed by atoms with Crippen molar-refractivity contribution in [1.82, 2.24) is 9.44 Å². The molecule has 7 heteroatoms. The molecule has 0 bridgehead atoms. The largest absolute Gasteiger partial charge is 0.383 e. The minimum Gasteiger partial charge on any atom is -0.383 e. The van der Waals surface area contributed by atoms with Crippen molar-refractivity contribution in [2.75, 3.05) is 20.3 Å². The highest BCUT2D eigenvalue weighted by Gasteiger charge is 2.25. The number of nitrogens with one attached hydrogen (secondary N) is 2. The van der Waals surface area contributed by atoms with E-state index in [1.165, 1.54) is 7.11 Å². The number of ether oxygens (including phenoxy) is 1. The standard InChI is InChI=1S/C9H21N3O3S/c1-15-7-6-11-16(13,14)12-9-5-3-2-4-8(9)10/h8-9,11-12H,2-7,10H2,1H3. The van der Waals surface area contributed by atoms with Gasteiger partial charge in [-0.25, -0.2) is 0 Å². The van der Waals surface area contributed by atoms with Gasteiger partial charge in [0.25, 0.3) is 10.2 Å². The van der Waals surface area contributed by atoms with Crippen LogP contribution in [0, 0.1) is 0 Å².